The molecule has 7 heteroatoms. The van der Waals surface area contributed by atoms with Crippen LogP contribution in [-0.2, 0) is 28.8 Å². The summed E-state index contributed by atoms with van der Waals surface area (Å²) in [7, 11) is 3.13. The number of rotatable bonds is 7. The highest BCUT2D eigenvalue weighted by atomic mass is 32.1. The second-order valence-corrected chi connectivity index (χ2v) is 9.03. The molecule has 3 rings (SSSR count). The van der Waals surface area contributed by atoms with E-state index in [0.29, 0.717) is 28.0 Å². The first-order valence-electron chi connectivity index (χ1n) is 10.2. The lowest BCUT2D eigenvalue weighted by molar-refractivity contribution is -0.115. The molecule has 0 saturated heterocycles. The monoisotopic (exact) mass is 431 g/mol. The van der Waals surface area contributed by atoms with Crippen LogP contribution in [0.4, 0.5) is 5.00 Å². The zero-order valence-corrected chi connectivity index (χ0v) is 19.0. The van der Waals surface area contributed by atoms with Crippen molar-refractivity contribution in [3.63, 3.8) is 0 Å². The van der Waals surface area contributed by atoms with Crippen molar-refractivity contribution in [3.05, 3.63) is 39.8 Å². The van der Waals surface area contributed by atoms with E-state index in [1.54, 1.807) is 26.4 Å². The fourth-order valence-electron chi connectivity index (χ4n) is 3.67. The number of hydrogen-bond acceptors (Lipinski definition) is 6. The standard InChI is InChI=1S/C23H29NO5S/c1-13(2)29-23(26)21-16-8-6-14(3)10-19(16)30-22(21)24-20(25)12-15-7-9-17(27-4)18(11-15)28-5/h7,9,11,13-14H,6,8,10,12H2,1-5H3,(H,24,25). The Morgan fingerprint density at radius 1 is 1.20 bits per heavy atom. The number of anilines is 1. The van der Waals surface area contributed by atoms with Gasteiger partial charge >= 0.3 is 5.97 Å². The summed E-state index contributed by atoms with van der Waals surface area (Å²) in [5.41, 5.74) is 2.35. The number of carbonyl (C=O) groups excluding carboxylic acids is 2. The van der Waals surface area contributed by atoms with Gasteiger partial charge in [-0.2, -0.15) is 0 Å². The van der Waals surface area contributed by atoms with Crippen LogP contribution in [0.5, 0.6) is 11.5 Å². The highest BCUT2D eigenvalue weighted by Gasteiger charge is 2.29. The smallest absolute Gasteiger partial charge is 0.341 e. The van der Waals surface area contributed by atoms with Crippen LogP contribution in [0.25, 0.3) is 0 Å². The van der Waals surface area contributed by atoms with E-state index >= 15 is 0 Å². The lowest BCUT2D eigenvalue weighted by atomic mass is 9.88. The number of amides is 1. The van der Waals surface area contributed by atoms with Crippen LogP contribution in [0, 0.1) is 5.92 Å². The van der Waals surface area contributed by atoms with Crippen molar-refractivity contribution in [2.24, 2.45) is 5.92 Å². The summed E-state index contributed by atoms with van der Waals surface area (Å²) < 4.78 is 16.0. The molecular weight excluding hydrogens is 402 g/mol. The Balaban J connectivity index is 1.83. The van der Waals surface area contributed by atoms with Crippen molar-refractivity contribution in [3.8, 4) is 11.5 Å². The van der Waals surface area contributed by atoms with Crippen molar-refractivity contribution in [1.29, 1.82) is 0 Å². The van der Waals surface area contributed by atoms with Gasteiger partial charge < -0.3 is 19.5 Å². The van der Waals surface area contributed by atoms with E-state index in [2.05, 4.69) is 12.2 Å². The molecule has 30 heavy (non-hydrogen) atoms. The average Bonchev–Trinajstić information content (AvgIpc) is 3.03. The maximum absolute atomic E-state index is 12.8. The summed E-state index contributed by atoms with van der Waals surface area (Å²) in [5, 5.41) is 3.55. The molecule has 2 aromatic rings. The van der Waals surface area contributed by atoms with Gasteiger partial charge in [-0.3, -0.25) is 4.79 Å². The molecule has 1 N–H and O–H groups in total. The molecule has 0 aliphatic heterocycles. The molecule has 0 radical (unpaired) electrons. The lowest BCUT2D eigenvalue weighted by Crippen LogP contribution is -2.19. The van der Waals surface area contributed by atoms with Crippen LogP contribution in [0.3, 0.4) is 0 Å². The lowest BCUT2D eigenvalue weighted by Gasteiger charge is -2.18. The van der Waals surface area contributed by atoms with Crippen molar-refractivity contribution in [1.82, 2.24) is 0 Å². The second-order valence-electron chi connectivity index (χ2n) is 7.92. The van der Waals surface area contributed by atoms with Crippen molar-refractivity contribution >= 4 is 28.2 Å². The van der Waals surface area contributed by atoms with Crippen LogP contribution in [-0.4, -0.2) is 32.2 Å². The number of fused-ring (bicyclic) bond motifs is 1. The molecular formula is C23H29NO5S. The van der Waals surface area contributed by atoms with Gasteiger partial charge in [0.1, 0.15) is 5.00 Å². The molecule has 1 aromatic heterocycles. The molecule has 0 fully saturated rings. The highest BCUT2D eigenvalue weighted by molar-refractivity contribution is 7.17. The third kappa shape index (κ3) is 4.95. The summed E-state index contributed by atoms with van der Waals surface area (Å²) in [6.45, 7) is 5.87. The molecule has 1 amide bonds. The predicted octanol–water partition coefficient (Wildman–Crippen LogP) is 4.64. The number of ether oxygens (including phenoxy) is 3. The molecule has 1 unspecified atom stereocenters. The second kappa shape index (κ2) is 9.51. The van der Waals surface area contributed by atoms with Gasteiger partial charge in [-0.1, -0.05) is 13.0 Å². The highest BCUT2D eigenvalue weighted by Crippen LogP contribution is 2.40. The largest absolute Gasteiger partial charge is 0.493 e. The number of esters is 1. The Morgan fingerprint density at radius 2 is 1.93 bits per heavy atom. The number of methoxy groups -OCH3 is 2. The van der Waals surface area contributed by atoms with Crippen molar-refractivity contribution < 1.29 is 23.8 Å². The third-order valence-corrected chi connectivity index (χ3v) is 6.29. The molecule has 1 aliphatic rings. The predicted molar refractivity (Wildman–Crippen MR) is 118 cm³/mol. The number of carbonyl (C=O) groups is 2. The van der Waals surface area contributed by atoms with E-state index < -0.39 is 0 Å². The van der Waals surface area contributed by atoms with Gasteiger partial charge in [-0.25, -0.2) is 4.79 Å². The number of benzene rings is 1. The van der Waals surface area contributed by atoms with Gasteiger partial charge in [-0.05, 0) is 62.3 Å². The van der Waals surface area contributed by atoms with Crippen LogP contribution in [0.1, 0.15) is 53.6 Å². The maximum atomic E-state index is 12.8. The molecule has 0 bridgehead atoms. The van der Waals surface area contributed by atoms with E-state index in [1.807, 2.05) is 19.9 Å². The molecule has 1 aromatic carbocycles. The minimum absolute atomic E-state index is 0.165. The molecule has 1 atom stereocenters. The van der Waals surface area contributed by atoms with Crippen molar-refractivity contribution in [2.75, 3.05) is 19.5 Å². The number of thiophene rings is 1. The summed E-state index contributed by atoms with van der Waals surface area (Å²) in [6, 6.07) is 5.39. The first-order chi connectivity index (χ1) is 14.3. The number of nitrogens with one attached hydrogen (secondary N) is 1. The Hall–Kier alpha value is -2.54. The molecule has 1 aliphatic carbocycles. The Morgan fingerprint density at radius 3 is 2.60 bits per heavy atom. The third-order valence-electron chi connectivity index (χ3n) is 5.12. The molecule has 0 spiro atoms. The Bertz CT molecular complexity index is 934. The van der Waals surface area contributed by atoms with Gasteiger partial charge in [0.25, 0.3) is 0 Å². The minimum Gasteiger partial charge on any atom is -0.493 e. The van der Waals surface area contributed by atoms with Gasteiger partial charge in [0.05, 0.1) is 32.3 Å². The van der Waals surface area contributed by atoms with Gasteiger partial charge in [0, 0.05) is 4.88 Å². The molecule has 1 heterocycles. The normalized spacial score (nSPS) is 15.5. The van der Waals surface area contributed by atoms with Gasteiger partial charge in [0.15, 0.2) is 11.5 Å². The van der Waals surface area contributed by atoms with E-state index in [0.717, 1.165) is 30.4 Å². The van der Waals surface area contributed by atoms with Gasteiger partial charge in [-0.15, -0.1) is 11.3 Å². The van der Waals surface area contributed by atoms with Crippen LogP contribution in [0.15, 0.2) is 18.2 Å². The number of hydrogen-bond donors (Lipinski definition) is 1. The molecule has 0 saturated carbocycles. The average molecular weight is 432 g/mol. The summed E-state index contributed by atoms with van der Waals surface area (Å²) in [4.78, 5) is 26.7. The quantitative estimate of drug-likeness (QED) is 0.647. The van der Waals surface area contributed by atoms with Crippen LogP contribution in [0.2, 0.25) is 0 Å². The summed E-state index contributed by atoms with van der Waals surface area (Å²) >= 11 is 1.50. The van der Waals surface area contributed by atoms with E-state index in [9.17, 15) is 9.59 Å². The SMILES string of the molecule is COc1ccc(CC(=O)Nc2sc3c(c2C(=O)OC(C)C)CCC(C)C3)cc1OC. The fraction of sp³-hybridized carbons (Fsp3) is 0.478. The first kappa shape index (κ1) is 22.2. The maximum Gasteiger partial charge on any atom is 0.341 e. The zero-order chi connectivity index (χ0) is 21.8. The van der Waals surface area contributed by atoms with E-state index in [4.69, 9.17) is 14.2 Å². The van der Waals surface area contributed by atoms with Crippen LogP contribution >= 0.6 is 11.3 Å². The fourth-order valence-corrected chi connectivity index (χ4v) is 5.09. The topological polar surface area (TPSA) is 73.9 Å². The van der Waals surface area contributed by atoms with Crippen LogP contribution < -0.4 is 14.8 Å². The van der Waals surface area contributed by atoms with Crippen molar-refractivity contribution in [2.45, 2.75) is 52.6 Å². The Kier molecular flexibility index (Phi) is 7.02. The Labute approximate surface area is 181 Å². The zero-order valence-electron chi connectivity index (χ0n) is 18.2. The minimum atomic E-state index is -0.363. The van der Waals surface area contributed by atoms with Gasteiger partial charge in [0.2, 0.25) is 5.91 Å². The summed E-state index contributed by atoms with van der Waals surface area (Å²) in [5.74, 6) is 1.20. The van der Waals surface area contributed by atoms with E-state index in [-0.39, 0.29) is 24.4 Å². The first-order valence-corrected chi connectivity index (χ1v) is 11.0. The molecule has 6 nitrogen and oxygen atoms in total. The van der Waals surface area contributed by atoms with E-state index in [1.165, 1.54) is 16.2 Å². The summed E-state index contributed by atoms with van der Waals surface area (Å²) in [6.07, 6.45) is 2.74. The molecule has 162 valence electrons.